The summed E-state index contributed by atoms with van der Waals surface area (Å²) in [5.41, 5.74) is 2.06. The molecule has 1 aromatic carbocycles. The molecule has 1 saturated heterocycles. The summed E-state index contributed by atoms with van der Waals surface area (Å²) in [7, 11) is 0. The van der Waals surface area contributed by atoms with E-state index in [1.807, 2.05) is 29.2 Å². The minimum absolute atomic E-state index is 0.161. The Morgan fingerprint density at radius 3 is 3.00 bits per heavy atom. The monoisotopic (exact) mass is 275 g/mol. The number of rotatable bonds is 2. The molecule has 0 radical (unpaired) electrons. The maximum atomic E-state index is 12.6. The van der Waals surface area contributed by atoms with Gasteiger partial charge in [-0.15, -0.1) is 0 Å². The predicted octanol–water partition coefficient (Wildman–Crippen LogP) is 1.53. The standard InChI is InChI=1S/C15H21N3O2/c1-2-11-10-18(7-8-20-11)15(19)14-9-16-12-5-3-4-6-13(12)17-14/h3-6,11,14,16-17H,2,7-10H2,1H3. The molecule has 5 nitrogen and oxygen atoms in total. The lowest BCUT2D eigenvalue weighted by Gasteiger charge is -2.36. The van der Waals surface area contributed by atoms with Crippen molar-refractivity contribution >= 4 is 17.3 Å². The number of para-hydroxylation sites is 2. The molecule has 20 heavy (non-hydrogen) atoms. The molecule has 0 saturated carbocycles. The number of carbonyl (C=O) groups excluding carboxylic acids is 1. The smallest absolute Gasteiger partial charge is 0.247 e. The second kappa shape index (κ2) is 5.71. The largest absolute Gasteiger partial charge is 0.381 e. The molecule has 2 aliphatic heterocycles. The Morgan fingerprint density at radius 1 is 1.40 bits per heavy atom. The van der Waals surface area contributed by atoms with Crippen LogP contribution in [0.3, 0.4) is 0 Å². The number of morpholine rings is 1. The first kappa shape index (κ1) is 13.2. The topological polar surface area (TPSA) is 53.6 Å². The van der Waals surface area contributed by atoms with Gasteiger partial charge in [0.25, 0.3) is 0 Å². The number of carbonyl (C=O) groups is 1. The Bertz CT molecular complexity index is 492. The van der Waals surface area contributed by atoms with Crippen LogP contribution in [0.4, 0.5) is 11.4 Å². The number of nitrogens with zero attached hydrogens (tertiary/aromatic N) is 1. The zero-order chi connectivity index (χ0) is 13.9. The summed E-state index contributed by atoms with van der Waals surface area (Å²) in [6.45, 7) is 4.75. The van der Waals surface area contributed by atoms with Crippen molar-refractivity contribution in [3.63, 3.8) is 0 Å². The van der Waals surface area contributed by atoms with Crippen molar-refractivity contribution in [3.8, 4) is 0 Å². The Balaban J connectivity index is 1.67. The van der Waals surface area contributed by atoms with E-state index in [2.05, 4.69) is 17.6 Å². The van der Waals surface area contributed by atoms with Gasteiger partial charge in [-0.2, -0.15) is 0 Å². The first-order valence-corrected chi connectivity index (χ1v) is 7.27. The van der Waals surface area contributed by atoms with Crippen LogP contribution >= 0.6 is 0 Å². The van der Waals surface area contributed by atoms with E-state index in [1.165, 1.54) is 0 Å². The third-order valence-corrected chi connectivity index (χ3v) is 3.96. The maximum Gasteiger partial charge on any atom is 0.247 e. The van der Waals surface area contributed by atoms with Gasteiger partial charge in [-0.3, -0.25) is 4.79 Å². The van der Waals surface area contributed by atoms with Crippen LogP contribution in [0.15, 0.2) is 24.3 Å². The Kier molecular flexibility index (Phi) is 3.78. The van der Waals surface area contributed by atoms with Crippen LogP contribution in [0.1, 0.15) is 13.3 Å². The van der Waals surface area contributed by atoms with Gasteiger partial charge in [-0.05, 0) is 18.6 Å². The molecule has 0 aromatic heterocycles. The fraction of sp³-hybridized carbons (Fsp3) is 0.533. The van der Waals surface area contributed by atoms with Crippen molar-refractivity contribution < 1.29 is 9.53 Å². The lowest BCUT2D eigenvalue weighted by molar-refractivity contribution is -0.139. The Hall–Kier alpha value is -1.75. The van der Waals surface area contributed by atoms with E-state index in [9.17, 15) is 4.79 Å². The Labute approximate surface area is 119 Å². The van der Waals surface area contributed by atoms with Gasteiger partial charge in [-0.1, -0.05) is 19.1 Å². The number of benzene rings is 1. The molecule has 108 valence electrons. The normalized spacial score (nSPS) is 25.4. The van der Waals surface area contributed by atoms with Crippen LogP contribution in [0.2, 0.25) is 0 Å². The van der Waals surface area contributed by atoms with E-state index in [-0.39, 0.29) is 18.1 Å². The zero-order valence-electron chi connectivity index (χ0n) is 11.8. The molecule has 1 fully saturated rings. The van der Waals surface area contributed by atoms with Crippen molar-refractivity contribution in [2.24, 2.45) is 0 Å². The van der Waals surface area contributed by atoms with Crippen molar-refractivity contribution in [3.05, 3.63) is 24.3 Å². The van der Waals surface area contributed by atoms with Crippen LogP contribution in [-0.2, 0) is 9.53 Å². The van der Waals surface area contributed by atoms with Crippen LogP contribution < -0.4 is 10.6 Å². The molecule has 0 aliphatic carbocycles. The van der Waals surface area contributed by atoms with Crippen LogP contribution in [0.5, 0.6) is 0 Å². The third kappa shape index (κ3) is 2.58. The summed E-state index contributed by atoms with van der Waals surface area (Å²) in [5, 5.41) is 6.65. The van der Waals surface area contributed by atoms with E-state index < -0.39 is 0 Å². The SMILES string of the molecule is CCC1CN(C(=O)C2CNc3ccccc3N2)CCO1. The lowest BCUT2D eigenvalue weighted by atomic mass is 10.1. The first-order valence-electron chi connectivity index (χ1n) is 7.27. The highest BCUT2D eigenvalue weighted by Gasteiger charge is 2.30. The minimum Gasteiger partial charge on any atom is -0.381 e. The van der Waals surface area contributed by atoms with Crippen LogP contribution in [-0.4, -0.2) is 49.2 Å². The zero-order valence-corrected chi connectivity index (χ0v) is 11.8. The fourth-order valence-corrected chi connectivity index (χ4v) is 2.75. The van der Waals surface area contributed by atoms with Gasteiger partial charge in [0.1, 0.15) is 6.04 Å². The Morgan fingerprint density at radius 2 is 2.20 bits per heavy atom. The third-order valence-electron chi connectivity index (χ3n) is 3.96. The molecular formula is C15H21N3O2. The van der Waals surface area contributed by atoms with Gasteiger partial charge in [-0.25, -0.2) is 0 Å². The number of ether oxygens (including phenoxy) is 1. The number of hydrogen-bond acceptors (Lipinski definition) is 4. The van der Waals surface area contributed by atoms with Gasteiger partial charge in [0, 0.05) is 19.6 Å². The second-order valence-corrected chi connectivity index (χ2v) is 5.31. The molecule has 3 rings (SSSR count). The molecule has 2 heterocycles. The number of hydrogen-bond donors (Lipinski definition) is 2. The summed E-state index contributed by atoms with van der Waals surface area (Å²) in [6, 6.07) is 7.78. The summed E-state index contributed by atoms with van der Waals surface area (Å²) < 4.78 is 5.62. The van der Waals surface area contributed by atoms with E-state index in [0.717, 1.165) is 17.8 Å². The molecule has 1 aromatic rings. The molecule has 5 heteroatoms. The summed E-state index contributed by atoms with van der Waals surface area (Å²) >= 11 is 0. The van der Waals surface area contributed by atoms with E-state index >= 15 is 0 Å². The quantitative estimate of drug-likeness (QED) is 0.859. The highest BCUT2D eigenvalue weighted by Crippen LogP contribution is 2.26. The molecular weight excluding hydrogens is 254 g/mol. The second-order valence-electron chi connectivity index (χ2n) is 5.31. The first-order chi connectivity index (χ1) is 9.78. The molecule has 2 aliphatic rings. The molecule has 1 amide bonds. The summed E-state index contributed by atoms with van der Waals surface area (Å²) in [5.74, 6) is 0.161. The molecule has 2 unspecified atom stereocenters. The number of fused-ring (bicyclic) bond motifs is 1. The molecule has 2 atom stereocenters. The minimum atomic E-state index is -0.194. The van der Waals surface area contributed by atoms with Gasteiger partial charge in [0.05, 0.1) is 24.1 Å². The average Bonchev–Trinajstić information content (AvgIpc) is 2.53. The molecule has 2 N–H and O–H groups in total. The van der Waals surface area contributed by atoms with Gasteiger partial charge < -0.3 is 20.3 Å². The van der Waals surface area contributed by atoms with Gasteiger partial charge in [0.2, 0.25) is 5.91 Å². The molecule has 0 spiro atoms. The van der Waals surface area contributed by atoms with Crippen LogP contribution in [0.25, 0.3) is 0 Å². The lowest BCUT2D eigenvalue weighted by Crippen LogP contribution is -2.53. The van der Waals surface area contributed by atoms with Crippen LogP contribution in [0, 0.1) is 0 Å². The van der Waals surface area contributed by atoms with E-state index in [1.54, 1.807) is 0 Å². The summed E-state index contributed by atoms with van der Waals surface area (Å²) in [6.07, 6.45) is 1.12. The highest BCUT2D eigenvalue weighted by atomic mass is 16.5. The highest BCUT2D eigenvalue weighted by molar-refractivity contribution is 5.88. The van der Waals surface area contributed by atoms with E-state index in [4.69, 9.17) is 4.74 Å². The number of anilines is 2. The van der Waals surface area contributed by atoms with Crippen molar-refractivity contribution in [1.29, 1.82) is 0 Å². The average molecular weight is 275 g/mol. The van der Waals surface area contributed by atoms with Gasteiger partial charge >= 0.3 is 0 Å². The predicted molar refractivity (Wildman–Crippen MR) is 79.0 cm³/mol. The van der Waals surface area contributed by atoms with Crippen molar-refractivity contribution in [2.75, 3.05) is 36.9 Å². The maximum absolute atomic E-state index is 12.6. The number of amides is 1. The van der Waals surface area contributed by atoms with Crippen molar-refractivity contribution in [2.45, 2.75) is 25.5 Å². The van der Waals surface area contributed by atoms with Gasteiger partial charge in [0.15, 0.2) is 0 Å². The van der Waals surface area contributed by atoms with E-state index in [0.29, 0.717) is 26.2 Å². The fourth-order valence-electron chi connectivity index (χ4n) is 2.75. The summed E-state index contributed by atoms with van der Waals surface area (Å²) in [4.78, 5) is 14.5. The number of nitrogens with one attached hydrogen (secondary N) is 2. The molecule has 0 bridgehead atoms. The van der Waals surface area contributed by atoms with Crippen molar-refractivity contribution in [1.82, 2.24) is 4.90 Å².